The lowest BCUT2D eigenvalue weighted by molar-refractivity contribution is -0.146. The van der Waals surface area contributed by atoms with Crippen LogP contribution in [0.1, 0.15) is 75.5 Å². The smallest absolute Gasteiger partial charge is 0.245 e. The molecular weight excluding hydrogens is 625 g/mol. The van der Waals surface area contributed by atoms with E-state index in [-0.39, 0.29) is 47.8 Å². The van der Waals surface area contributed by atoms with E-state index < -0.39 is 27.3 Å². The van der Waals surface area contributed by atoms with Crippen molar-refractivity contribution in [3.63, 3.8) is 0 Å². The minimum absolute atomic E-state index is 0.128. The Balaban J connectivity index is 1.84. The Labute approximate surface area is 276 Å². The monoisotopic (exact) mass is 672 g/mol. The SMILES string of the molecule is CC(=O)N[C@@H](CCCCNC(=N)N)C(=O)N1[SiH2]CC1(CCC(C)C)C(=O)N[C@@H](CCCNC(=N)N)C(=O)c1nc2ccccc2s1. The van der Waals surface area contributed by atoms with Crippen molar-refractivity contribution < 1.29 is 19.2 Å². The second kappa shape index (κ2) is 17.0. The van der Waals surface area contributed by atoms with Crippen LogP contribution in [0.3, 0.4) is 0 Å². The number of thiazole rings is 1. The van der Waals surface area contributed by atoms with Crippen LogP contribution in [0.5, 0.6) is 0 Å². The van der Waals surface area contributed by atoms with Gasteiger partial charge in [-0.3, -0.25) is 30.0 Å². The summed E-state index contributed by atoms with van der Waals surface area (Å²) in [6.07, 6.45) is 3.52. The first-order valence-corrected chi connectivity index (χ1v) is 18.2. The summed E-state index contributed by atoms with van der Waals surface area (Å²) < 4.78 is 2.57. The summed E-state index contributed by atoms with van der Waals surface area (Å²) >= 11 is 1.27. The van der Waals surface area contributed by atoms with Gasteiger partial charge in [0.15, 0.2) is 16.9 Å². The average Bonchev–Trinajstić information content (AvgIpc) is 3.41. The summed E-state index contributed by atoms with van der Waals surface area (Å²) in [4.78, 5) is 58.7. The van der Waals surface area contributed by atoms with Crippen LogP contribution in [0.15, 0.2) is 24.3 Å². The number of guanidine groups is 2. The Morgan fingerprint density at radius 2 is 1.63 bits per heavy atom. The van der Waals surface area contributed by atoms with Crippen LogP contribution in [0, 0.1) is 16.7 Å². The van der Waals surface area contributed by atoms with Crippen molar-refractivity contribution >= 4 is 66.7 Å². The number of amides is 3. The first-order valence-electron chi connectivity index (χ1n) is 15.8. The Morgan fingerprint density at radius 1 is 0.978 bits per heavy atom. The number of carbonyl (C=O) groups is 4. The van der Waals surface area contributed by atoms with Crippen LogP contribution in [0.4, 0.5) is 0 Å². The molecule has 16 heteroatoms. The molecule has 14 nitrogen and oxygen atoms in total. The molecule has 1 fully saturated rings. The standard InChI is InChI=1S/C30H48N10O4SSi/c1-18(2)13-14-30(17-46-40(30)26(43)22(37-19(3)41)10-6-7-15-35-28(31)32)27(44)39-21(11-8-16-36-29(33)34)24(42)25-38-20-9-4-5-12-23(20)45-25/h4-5,9,12,18,21-22H,6-8,10-11,13-17,46H2,1-3H3,(H,37,41)(H,39,44)(H4,31,32,35)(H4,33,34,36)/t21-,22-,30?/m0/s1. The van der Waals surface area contributed by atoms with Crippen LogP contribution in [0.2, 0.25) is 6.04 Å². The third-order valence-electron chi connectivity index (χ3n) is 8.11. The van der Waals surface area contributed by atoms with Gasteiger partial charge in [-0.2, -0.15) is 0 Å². The van der Waals surface area contributed by atoms with E-state index in [1.54, 1.807) is 4.57 Å². The molecule has 2 aromatic rings. The minimum Gasteiger partial charge on any atom is -0.370 e. The summed E-state index contributed by atoms with van der Waals surface area (Å²) in [5, 5.41) is 26.3. The van der Waals surface area contributed by atoms with Crippen molar-refractivity contribution in [2.45, 2.75) is 89.4 Å². The van der Waals surface area contributed by atoms with Crippen molar-refractivity contribution in [1.29, 1.82) is 10.8 Å². The fraction of sp³-hybridized carbons (Fsp3) is 0.567. The van der Waals surface area contributed by atoms with Crippen molar-refractivity contribution in [3.05, 3.63) is 29.3 Å². The highest BCUT2D eigenvalue weighted by atomic mass is 32.1. The summed E-state index contributed by atoms with van der Waals surface area (Å²) in [7, 11) is -1.12. The highest BCUT2D eigenvalue weighted by Gasteiger charge is 2.54. The second-order valence-corrected chi connectivity index (χ2v) is 14.8. The number of unbranched alkanes of at least 4 members (excludes halogenated alkanes) is 1. The van der Waals surface area contributed by atoms with E-state index in [0.29, 0.717) is 68.2 Å². The Hall–Kier alpha value is -4.05. The molecular formula is C30H48N10O4SSi. The molecule has 3 rings (SSSR count). The highest BCUT2D eigenvalue weighted by molar-refractivity contribution is 7.20. The minimum atomic E-state index is -1.12. The summed E-state index contributed by atoms with van der Waals surface area (Å²) in [5.74, 6) is -1.30. The molecule has 46 heavy (non-hydrogen) atoms. The van der Waals surface area contributed by atoms with Crippen LogP contribution in [-0.2, 0) is 14.4 Å². The predicted molar refractivity (Wildman–Crippen MR) is 183 cm³/mol. The maximum Gasteiger partial charge on any atom is 0.245 e. The van der Waals surface area contributed by atoms with Crippen LogP contribution in [0.25, 0.3) is 10.2 Å². The van der Waals surface area contributed by atoms with Gasteiger partial charge in [0.05, 0.1) is 16.3 Å². The van der Waals surface area contributed by atoms with Gasteiger partial charge in [-0.05, 0) is 69.0 Å². The van der Waals surface area contributed by atoms with Gasteiger partial charge in [-0.15, -0.1) is 11.3 Å². The van der Waals surface area contributed by atoms with E-state index in [9.17, 15) is 19.2 Å². The lowest BCUT2D eigenvalue weighted by atomic mass is 9.88. The number of nitrogens with zero attached hydrogens (tertiary/aromatic N) is 2. The Kier molecular flexibility index (Phi) is 13.5. The van der Waals surface area contributed by atoms with Crippen LogP contribution in [-0.4, -0.2) is 85.4 Å². The normalized spacial score (nSPS) is 17.6. The molecule has 1 aromatic heterocycles. The molecule has 1 unspecified atom stereocenters. The lowest BCUT2D eigenvalue weighted by Crippen LogP contribution is -2.73. The summed E-state index contributed by atoms with van der Waals surface area (Å²) in [5.41, 5.74) is 10.4. The van der Waals surface area contributed by atoms with Gasteiger partial charge in [0, 0.05) is 20.0 Å². The van der Waals surface area contributed by atoms with E-state index >= 15 is 0 Å². The fourth-order valence-corrected chi connectivity index (χ4v) is 8.72. The highest BCUT2D eigenvalue weighted by Crippen LogP contribution is 2.37. The van der Waals surface area contributed by atoms with Crippen molar-refractivity contribution in [2.24, 2.45) is 17.4 Å². The number of para-hydroxylation sites is 1. The molecule has 0 spiro atoms. The van der Waals surface area contributed by atoms with Gasteiger partial charge >= 0.3 is 0 Å². The van der Waals surface area contributed by atoms with Gasteiger partial charge in [-0.25, -0.2) is 4.98 Å². The Bertz CT molecular complexity index is 1390. The van der Waals surface area contributed by atoms with E-state index in [1.165, 1.54) is 18.3 Å². The Morgan fingerprint density at radius 3 is 2.22 bits per heavy atom. The third kappa shape index (κ3) is 9.97. The molecule has 1 aromatic carbocycles. The number of benzene rings is 1. The molecule has 3 amide bonds. The quantitative estimate of drug-likeness (QED) is 0.0369. The molecule has 1 saturated heterocycles. The molecule has 10 N–H and O–H groups in total. The second-order valence-electron chi connectivity index (χ2n) is 12.2. The van der Waals surface area contributed by atoms with E-state index in [0.717, 1.165) is 4.70 Å². The largest absolute Gasteiger partial charge is 0.370 e. The van der Waals surface area contributed by atoms with Gasteiger partial charge in [0.2, 0.25) is 23.5 Å². The summed E-state index contributed by atoms with van der Waals surface area (Å²) in [6.45, 7) is 6.31. The number of carbonyl (C=O) groups excluding carboxylic acids is 4. The van der Waals surface area contributed by atoms with Crippen molar-refractivity contribution in [2.75, 3.05) is 13.1 Å². The molecule has 1 aliphatic heterocycles. The first-order chi connectivity index (χ1) is 21.8. The number of rotatable bonds is 18. The maximum absolute atomic E-state index is 14.3. The topological polar surface area (TPSA) is 232 Å². The molecule has 0 radical (unpaired) electrons. The molecule has 0 saturated carbocycles. The zero-order valence-electron chi connectivity index (χ0n) is 26.9. The van der Waals surface area contributed by atoms with Crippen molar-refractivity contribution in [3.8, 4) is 0 Å². The van der Waals surface area contributed by atoms with E-state index in [1.807, 2.05) is 24.3 Å². The number of aromatic nitrogens is 1. The maximum atomic E-state index is 14.3. The predicted octanol–water partition coefficient (Wildman–Crippen LogP) is 0.904. The molecule has 2 heterocycles. The fourth-order valence-electron chi connectivity index (χ4n) is 5.56. The molecule has 3 atom stereocenters. The zero-order valence-corrected chi connectivity index (χ0v) is 29.1. The molecule has 252 valence electrons. The lowest BCUT2D eigenvalue weighted by Gasteiger charge is -2.53. The first kappa shape index (κ1) is 36.4. The van der Waals surface area contributed by atoms with Crippen molar-refractivity contribution in [1.82, 2.24) is 30.8 Å². The van der Waals surface area contributed by atoms with E-state index in [2.05, 4.69) is 40.1 Å². The molecule has 0 aliphatic carbocycles. The van der Waals surface area contributed by atoms with E-state index in [4.69, 9.17) is 22.3 Å². The number of ketones is 1. The zero-order chi connectivity index (χ0) is 33.9. The number of fused-ring (bicyclic) bond motifs is 1. The van der Waals surface area contributed by atoms with Gasteiger partial charge in [0.25, 0.3) is 0 Å². The number of nitrogens with one attached hydrogen (secondary N) is 6. The molecule has 0 bridgehead atoms. The third-order valence-corrected chi connectivity index (χ3v) is 11.6. The van der Waals surface area contributed by atoms with Gasteiger partial charge < -0.3 is 37.3 Å². The number of hydrogen-bond donors (Lipinski definition) is 8. The molecule has 1 aliphatic rings. The average molecular weight is 673 g/mol. The number of Topliss-reactive ketones (excluding diaryl/α,β-unsaturated/α-hetero) is 1. The number of hydrogen-bond acceptors (Lipinski definition) is 8. The van der Waals surface area contributed by atoms with Crippen LogP contribution >= 0.6 is 11.3 Å². The van der Waals surface area contributed by atoms with Gasteiger partial charge in [-0.1, -0.05) is 26.0 Å². The summed E-state index contributed by atoms with van der Waals surface area (Å²) in [6, 6.07) is 6.35. The van der Waals surface area contributed by atoms with Crippen LogP contribution < -0.4 is 32.7 Å². The van der Waals surface area contributed by atoms with Gasteiger partial charge in [0.1, 0.15) is 21.3 Å². The number of nitrogens with two attached hydrogens (primary N) is 2.